The van der Waals surface area contributed by atoms with Crippen molar-refractivity contribution in [3.8, 4) is 22.8 Å². The van der Waals surface area contributed by atoms with Crippen LogP contribution in [0.25, 0.3) is 16.9 Å². The van der Waals surface area contributed by atoms with Crippen LogP contribution in [0.3, 0.4) is 0 Å². The highest BCUT2D eigenvalue weighted by atomic mass is 16.5. The van der Waals surface area contributed by atoms with E-state index in [-0.39, 0.29) is 5.69 Å². The number of carbonyl (C=O) groups excluding carboxylic acids is 2. The van der Waals surface area contributed by atoms with E-state index < -0.39 is 5.91 Å². The van der Waals surface area contributed by atoms with Gasteiger partial charge in [-0.25, -0.2) is 9.50 Å². The lowest BCUT2D eigenvalue weighted by atomic mass is 10.1. The van der Waals surface area contributed by atoms with Gasteiger partial charge in [0.15, 0.2) is 11.3 Å². The molecule has 8 nitrogen and oxygen atoms in total. The molecule has 5 rings (SSSR count). The Kier molecular flexibility index (Phi) is 4.66. The number of carbonyl (C=O) groups is 2. The second-order valence-electron chi connectivity index (χ2n) is 7.52. The van der Waals surface area contributed by atoms with Crippen LogP contribution in [0.2, 0.25) is 0 Å². The lowest BCUT2D eigenvalue weighted by Crippen LogP contribution is -2.21. The van der Waals surface area contributed by atoms with Gasteiger partial charge in [0.2, 0.25) is 6.41 Å². The summed E-state index contributed by atoms with van der Waals surface area (Å²) < 4.78 is 7.49. The number of nitrogens with one attached hydrogen (secondary N) is 1. The van der Waals surface area contributed by atoms with Crippen molar-refractivity contribution in [3.63, 3.8) is 0 Å². The quantitative estimate of drug-likeness (QED) is 0.489. The zero-order chi connectivity index (χ0) is 21.4. The predicted molar refractivity (Wildman–Crippen MR) is 115 cm³/mol. The number of rotatable bonds is 5. The molecule has 8 heteroatoms. The van der Waals surface area contributed by atoms with Gasteiger partial charge < -0.3 is 15.4 Å². The molecule has 0 bridgehead atoms. The first-order valence-electron chi connectivity index (χ1n) is 10.1. The summed E-state index contributed by atoms with van der Waals surface area (Å²) in [7, 11) is 0. The number of hydrogen-bond donors (Lipinski definition) is 2. The largest absolute Gasteiger partial charge is 0.457 e. The average molecular weight is 415 g/mol. The fourth-order valence-electron chi connectivity index (χ4n) is 4.01. The highest BCUT2D eigenvalue weighted by Crippen LogP contribution is 2.31. The molecule has 0 fully saturated rings. The molecule has 0 saturated heterocycles. The molecule has 2 aromatic carbocycles. The van der Waals surface area contributed by atoms with Gasteiger partial charge in [-0.3, -0.25) is 14.7 Å². The number of para-hydroxylation sites is 1. The van der Waals surface area contributed by atoms with Crippen molar-refractivity contribution in [2.24, 2.45) is 5.73 Å². The van der Waals surface area contributed by atoms with Crippen LogP contribution in [0.1, 0.15) is 28.2 Å². The number of hydrogen-bond acceptors (Lipinski definition) is 4. The average Bonchev–Trinajstić information content (AvgIpc) is 3.23. The molecule has 0 atom stereocenters. The Bertz CT molecular complexity index is 1260. The summed E-state index contributed by atoms with van der Waals surface area (Å²) in [5.41, 5.74) is 9.78. The maximum atomic E-state index is 12.3. The Labute approximate surface area is 178 Å². The van der Waals surface area contributed by atoms with E-state index in [0.717, 1.165) is 41.8 Å². The molecular weight excluding hydrogens is 394 g/mol. The van der Waals surface area contributed by atoms with Crippen LogP contribution in [0.4, 0.5) is 0 Å². The number of aromatic nitrogens is 3. The lowest BCUT2D eigenvalue weighted by molar-refractivity contribution is -0.118. The zero-order valence-corrected chi connectivity index (χ0v) is 16.7. The Morgan fingerprint density at radius 1 is 1.10 bits per heavy atom. The molecule has 3 heterocycles. The Morgan fingerprint density at radius 2 is 1.84 bits per heavy atom. The van der Waals surface area contributed by atoms with Crippen LogP contribution in [0.5, 0.6) is 11.5 Å². The number of aryl methyl sites for hydroxylation is 1. The summed E-state index contributed by atoms with van der Waals surface area (Å²) in [6.07, 6.45) is 2.47. The number of primary amides is 1. The van der Waals surface area contributed by atoms with E-state index in [1.165, 1.54) is 0 Å². The van der Waals surface area contributed by atoms with Crippen LogP contribution in [-0.2, 0) is 17.8 Å². The minimum Gasteiger partial charge on any atom is -0.457 e. The molecule has 156 valence electrons. The third-order valence-electron chi connectivity index (χ3n) is 5.48. The monoisotopic (exact) mass is 415 g/mol. The zero-order valence-electron chi connectivity index (χ0n) is 16.7. The standard InChI is InChI=1S/C23H21N5O3/c24-22(30)21-20(15-8-10-17(11-9-15)31-16-5-2-1-3-6-16)25-23-18-13-27(14-29)12-4-7-19(18)26-28(21)23/h1-3,5-6,8-11,14,26H,4,7,12-13H2,(H2,24,30). The van der Waals surface area contributed by atoms with Crippen molar-refractivity contribution in [1.82, 2.24) is 19.5 Å². The second-order valence-corrected chi connectivity index (χ2v) is 7.52. The summed E-state index contributed by atoms with van der Waals surface area (Å²) in [5, 5.41) is 3.27. The van der Waals surface area contributed by atoms with Gasteiger partial charge in [0.25, 0.3) is 5.91 Å². The molecule has 0 unspecified atom stereocenters. The summed E-state index contributed by atoms with van der Waals surface area (Å²) >= 11 is 0. The molecule has 0 saturated carbocycles. The van der Waals surface area contributed by atoms with Gasteiger partial charge in [0.1, 0.15) is 17.2 Å². The topological polar surface area (TPSA) is 106 Å². The van der Waals surface area contributed by atoms with Crippen LogP contribution < -0.4 is 10.5 Å². The molecule has 1 aliphatic heterocycles. The first-order chi connectivity index (χ1) is 15.1. The highest BCUT2D eigenvalue weighted by molar-refractivity contribution is 5.98. The highest BCUT2D eigenvalue weighted by Gasteiger charge is 2.26. The smallest absolute Gasteiger partial charge is 0.269 e. The minimum atomic E-state index is -0.573. The Hall–Kier alpha value is -4.07. The number of H-pyrrole nitrogens is 1. The van der Waals surface area contributed by atoms with E-state index in [1.54, 1.807) is 9.42 Å². The fraction of sp³-hybridized carbons (Fsp3) is 0.174. The van der Waals surface area contributed by atoms with Gasteiger partial charge in [-0.1, -0.05) is 18.2 Å². The molecule has 2 aromatic heterocycles. The molecule has 1 aliphatic rings. The molecule has 0 aliphatic carbocycles. The number of fused-ring (bicyclic) bond motifs is 3. The van der Waals surface area contributed by atoms with Crippen molar-refractivity contribution in [2.45, 2.75) is 19.4 Å². The third-order valence-corrected chi connectivity index (χ3v) is 5.48. The van der Waals surface area contributed by atoms with Crippen molar-refractivity contribution in [3.05, 3.63) is 71.5 Å². The van der Waals surface area contributed by atoms with Gasteiger partial charge in [-0.15, -0.1) is 0 Å². The van der Waals surface area contributed by atoms with Crippen LogP contribution in [-0.4, -0.2) is 38.4 Å². The van der Waals surface area contributed by atoms with Gasteiger partial charge in [0.05, 0.1) is 6.54 Å². The number of imidazole rings is 1. The Morgan fingerprint density at radius 3 is 2.55 bits per heavy atom. The maximum Gasteiger partial charge on any atom is 0.269 e. The molecule has 4 aromatic rings. The van der Waals surface area contributed by atoms with E-state index in [9.17, 15) is 9.59 Å². The number of nitrogens with two attached hydrogens (primary N) is 1. The van der Waals surface area contributed by atoms with Crippen LogP contribution in [0, 0.1) is 0 Å². The van der Waals surface area contributed by atoms with Crippen molar-refractivity contribution in [2.75, 3.05) is 6.54 Å². The molecule has 31 heavy (non-hydrogen) atoms. The van der Waals surface area contributed by atoms with Gasteiger partial charge in [-0.2, -0.15) is 0 Å². The summed E-state index contributed by atoms with van der Waals surface area (Å²) in [6.45, 7) is 1.14. The minimum absolute atomic E-state index is 0.289. The van der Waals surface area contributed by atoms with Gasteiger partial charge in [0, 0.05) is 23.4 Å². The molecule has 3 N–H and O–H groups in total. The molecule has 0 radical (unpaired) electrons. The van der Waals surface area contributed by atoms with E-state index >= 15 is 0 Å². The van der Waals surface area contributed by atoms with Crippen molar-refractivity contribution in [1.29, 1.82) is 0 Å². The first-order valence-corrected chi connectivity index (χ1v) is 10.1. The summed E-state index contributed by atoms with van der Waals surface area (Å²) in [4.78, 5) is 30.1. The predicted octanol–water partition coefficient (Wildman–Crippen LogP) is 3.13. The lowest BCUT2D eigenvalue weighted by Gasteiger charge is -2.12. The van der Waals surface area contributed by atoms with E-state index in [2.05, 4.69) is 5.10 Å². The number of ether oxygens (including phenoxy) is 1. The van der Waals surface area contributed by atoms with E-state index in [1.807, 2.05) is 54.6 Å². The number of nitrogens with zero attached hydrogens (tertiary/aromatic N) is 3. The van der Waals surface area contributed by atoms with E-state index in [4.69, 9.17) is 15.5 Å². The van der Waals surface area contributed by atoms with Crippen LogP contribution in [0.15, 0.2) is 54.6 Å². The summed E-state index contributed by atoms with van der Waals surface area (Å²) in [5.74, 6) is 0.845. The van der Waals surface area contributed by atoms with Crippen molar-refractivity contribution >= 4 is 18.0 Å². The fourth-order valence-corrected chi connectivity index (χ4v) is 4.01. The van der Waals surface area contributed by atoms with Crippen molar-refractivity contribution < 1.29 is 14.3 Å². The number of aromatic amines is 1. The first kappa shape index (κ1) is 18.9. The normalized spacial score (nSPS) is 13.6. The number of benzene rings is 2. The third kappa shape index (κ3) is 3.42. The second kappa shape index (κ2) is 7.64. The number of amides is 2. The Balaban J connectivity index is 1.54. The molecule has 0 spiro atoms. The summed E-state index contributed by atoms with van der Waals surface area (Å²) in [6, 6.07) is 16.9. The van der Waals surface area contributed by atoms with Crippen LogP contribution >= 0.6 is 0 Å². The maximum absolute atomic E-state index is 12.3. The van der Waals surface area contributed by atoms with Gasteiger partial charge >= 0.3 is 0 Å². The SMILES string of the molecule is NC(=O)c1c(-c2ccc(Oc3ccccc3)cc2)nc2c3c([nH]n12)CCCN(C=O)C3. The molecular formula is C23H21N5O3. The van der Waals surface area contributed by atoms with E-state index in [0.29, 0.717) is 30.2 Å². The van der Waals surface area contributed by atoms with Gasteiger partial charge in [-0.05, 0) is 49.2 Å². The molecule has 2 amide bonds.